The largest absolute Gasteiger partial charge is 0.494 e. The summed E-state index contributed by atoms with van der Waals surface area (Å²) in [6.45, 7) is 3.06. The Morgan fingerprint density at radius 1 is 1.19 bits per heavy atom. The molecule has 1 fully saturated rings. The van der Waals surface area contributed by atoms with Gasteiger partial charge in [-0.25, -0.2) is 0 Å². The Balaban J connectivity index is 1.74. The van der Waals surface area contributed by atoms with Crippen LogP contribution in [0.3, 0.4) is 0 Å². The minimum atomic E-state index is -4.49. The molecule has 1 saturated heterocycles. The number of carbonyl (C=O) groups excluding carboxylic acids is 2. The highest BCUT2D eigenvalue weighted by Crippen LogP contribution is 2.31. The molecule has 3 rings (SSSR count). The fourth-order valence-corrected chi connectivity index (χ4v) is 3.80. The summed E-state index contributed by atoms with van der Waals surface area (Å²) in [6.07, 6.45) is -2.79. The maximum atomic E-state index is 13.2. The van der Waals surface area contributed by atoms with Crippen molar-refractivity contribution in [3.05, 3.63) is 65.2 Å². The number of aryl methyl sites for hydroxylation is 1. The Labute approximate surface area is 185 Å². The van der Waals surface area contributed by atoms with Crippen LogP contribution in [-0.2, 0) is 22.2 Å². The van der Waals surface area contributed by atoms with E-state index in [2.05, 4.69) is 5.32 Å². The van der Waals surface area contributed by atoms with Crippen molar-refractivity contribution in [1.82, 2.24) is 10.2 Å². The number of carbonyl (C=O) groups is 2. The van der Waals surface area contributed by atoms with Crippen LogP contribution in [0.4, 0.5) is 13.2 Å². The molecule has 5 nitrogen and oxygen atoms in total. The van der Waals surface area contributed by atoms with Crippen LogP contribution in [0.2, 0.25) is 0 Å². The molecule has 2 aromatic carbocycles. The van der Waals surface area contributed by atoms with Crippen LogP contribution in [0.25, 0.3) is 0 Å². The van der Waals surface area contributed by atoms with E-state index >= 15 is 0 Å². The molecule has 2 aromatic rings. The Morgan fingerprint density at radius 3 is 2.66 bits per heavy atom. The second kappa shape index (κ2) is 10.5. The number of hydrogen-bond acceptors (Lipinski definition) is 3. The number of para-hydroxylation sites is 1. The minimum absolute atomic E-state index is 0.0538. The quantitative estimate of drug-likeness (QED) is 0.614. The van der Waals surface area contributed by atoms with Gasteiger partial charge in [0.15, 0.2) is 0 Å². The normalized spacial score (nSPS) is 15.0. The van der Waals surface area contributed by atoms with Gasteiger partial charge in [0.1, 0.15) is 5.75 Å². The number of halogens is 3. The van der Waals surface area contributed by atoms with Crippen molar-refractivity contribution in [3.8, 4) is 5.75 Å². The third-order valence-electron chi connectivity index (χ3n) is 5.42. The van der Waals surface area contributed by atoms with Crippen LogP contribution in [-0.4, -0.2) is 36.4 Å². The van der Waals surface area contributed by atoms with E-state index in [1.165, 1.54) is 6.07 Å². The first-order valence-corrected chi connectivity index (χ1v) is 10.7. The number of ether oxygens (including phenoxy) is 1. The Morgan fingerprint density at radius 2 is 1.97 bits per heavy atom. The van der Waals surface area contributed by atoms with Crippen LogP contribution in [0.1, 0.15) is 48.9 Å². The lowest BCUT2D eigenvalue weighted by molar-refractivity contribution is -0.137. The molecule has 0 aromatic heterocycles. The molecule has 32 heavy (non-hydrogen) atoms. The van der Waals surface area contributed by atoms with Crippen molar-refractivity contribution < 1.29 is 27.5 Å². The van der Waals surface area contributed by atoms with Crippen LogP contribution < -0.4 is 10.1 Å². The summed E-state index contributed by atoms with van der Waals surface area (Å²) >= 11 is 0. The minimum Gasteiger partial charge on any atom is -0.494 e. The lowest BCUT2D eigenvalue weighted by Gasteiger charge is -2.26. The van der Waals surface area contributed by atoms with Gasteiger partial charge in [0.2, 0.25) is 11.8 Å². The lowest BCUT2D eigenvalue weighted by Crippen LogP contribution is -2.38. The van der Waals surface area contributed by atoms with Crippen molar-refractivity contribution >= 4 is 11.8 Å². The second-order valence-corrected chi connectivity index (χ2v) is 7.73. The van der Waals surface area contributed by atoms with E-state index in [0.717, 1.165) is 17.7 Å². The first-order valence-electron chi connectivity index (χ1n) is 10.7. The van der Waals surface area contributed by atoms with Crippen molar-refractivity contribution in [2.75, 3.05) is 19.7 Å². The zero-order valence-electron chi connectivity index (χ0n) is 18.0. The molecule has 0 bridgehead atoms. The Kier molecular flexibility index (Phi) is 7.77. The molecule has 172 valence electrons. The number of rotatable bonds is 9. The van der Waals surface area contributed by atoms with E-state index in [1.54, 1.807) is 11.0 Å². The van der Waals surface area contributed by atoms with Gasteiger partial charge >= 0.3 is 6.18 Å². The van der Waals surface area contributed by atoms with Gasteiger partial charge in [-0.1, -0.05) is 30.3 Å². The van der Waals surface area contributed by atoms with Crippen LogP contribution in [0, 0.1) is 0 Å². The molecule has 1 atom stereocenters. The molecule has 1 aliphatic rings. The zero-order chi connectivity index (χ0) is 23.1. The predicted octanol–water partition coefficient (Wildman–Crippen LogP) is 4.52. The Hall–Kier alpha value is -3.03. The predicted molar refractivity (Wildman–Crippen MR) is 114 cm³/mol. The smallest absolute Gasteiger partial charge is 0.416 e. The number of alkyl halides is 3. The first-order chi connectivity index (χ1) is 15.3. The molecular weight excluding hydrogens is 421 g/mol. The lowest BCUT2D eigenvalue weighted by atomic mass is 10.0. The summed E-state index contributed by atoms with van der Waals surface area (Å²) in [4.78, 5) is 26.4. The van der Waals surface area contributed by atoms with Crippen molar-refractivity contribution in [1.29, 1.82) is 0 Å². The molecule has 1 heterocycles. The molecular formula is C24H27F3N2O3. The summed E-state index contributed by atoms with van der Waals surface area (Å²) in [5, 5.41) is 2.84. The molecule has 1 N–H and O–H groups in total. The highest BCUT2D eigenvalue weighted by atomic mass is 19.4. The van der Waals surface area contributed by atoms with Crippen LogP contribution >= 0.6 is 0 Å². The van der Waals surface area contributed by atoms with Gasteiger partial charge in [0.05, 0.1) is 18.2 Å². The average molecular weight is 448 g/mol. The van der Waals surface area contributed by atoms with E-state index < -0.39 is 17.8 Å². The summed E-state index contributed by atoms with van der Waals surface area (Å²) in [5.41, 5.74) is 0.421. The van der Waals surface area contributed by atoms with Gasteiger partial charge in [0.25, 0.3) is 0 Å². The molecule has 0 spiro atoms. The van der Waals surface area contributed by atoms with Crippen LogP contribution in [0.15, 0.2) is 48.5 Å². The first kappa shape index (κ1) is 23.6. The monoisotopic (exact) mass is 448 g/mol. The summed E-state index contributed by atoms with van der Waals surface area (Å²) in [5.74, 6) is 0.354. The number of hydrogen-bond donors (Lipinski definition) is 1. The summed E-state index contributed by atoms with van der Waals surface area (Å²) < 4.78 is 45.2. The van der Waals surface area contributed by atoms with Crippen molar-refractivity contribution in [3.63, 3.8) is 0 Å². The highest BCUT2D eigenvalue weighted by Gasteiger charge is 2.32. The summed E-state index contributed by atoms with van der Waals surface area (Å²) in [6, 6.07) is 11.6. The van der Waals surface area contributed by atoms with Gasteiger partial charge in [-0.05, 0) is 49.1 Å². The van der Waals surface area contributed by atoms with E-state index in [4.69, 9.17) is 4.74 Å². The fraction of sp³-hybridized carbons (Fsp3) is 0.417. The third-order valence-corrected chi connectivity index (χ3v) is 5.42. The average Bonchev–Trinajstić information content (AvgIpc) is 3.17. The van der Waals surface area contributed by atoms with E-state index in [9.17, 15) is 22.8 Å². The highest BCUT2D eigenvalue weighted by molar-refractivity contribution is 5.79. The SMILES string of the molecule is CCOc1ccccc1CCC(=O)NC(CN1CCCC1=O)c1cccc(C(F)(F)F)c1. The standard InChI is InChI=1S/C24H27F3N2O3/c1-2-32-21-10-4-3-7-17(21)12-13-22(30)28-20(16-29-14-6-11-23(29)31)18-8-5-9-19(15-18)24(25,26)27/h3-5,7-10,15,20H,2,6,11-14,16H2,1H3,(H,28,30). The maximum absolute atomic E-state index is 13.2. The van der Waals surface area contributed by atoms with Gasteiger partial charge < -0.3 is 15.0 Å². The van der Waals surface area contributed by atoms with Crippen molar-refractivity contribution in [2.24, 2.45) is 0 Å². The molecule has 8 heteroatoms. The number of likely N-dealkylation sites (tertiary alicyclic amines) is 1. The molecule has 2 amide bonds. The number of benzene rings is 2. The van der Waals surface area contributed by atoms with Gasteiger partial charge in [-0.15, -0.1) is 0 Å². The fourth-order valence-electron chi connectivity index (χ4n) is 3.80. The number of amides is 2. The third kappa shape index (κ3) is 6.24. The van der Waals surface area contributed by atoms with Crippen LogP contribution in [0.5, 0.6) is 5.75 Å². The molecule has 0 saturated carbocycles. The number of nitrogens with one attached hydrogen (secondary N) is 1. The maximum Gasteiger partial charge on any atom is 0.416 e. The van der Waals surface area contributed by atoms with E-state index in [1.807, 2.05) is 31.2 Å². The summed E-state index contributed by atoms with van der Waals surface area (Å²) in [7, 11) is 0. The van der Waals surface area contributed by atoms with E-state index in [-0.39, 0.29) is 24.8 Å². The van der Waals surface area contributed by atoms with E-state index in [0.29, 0.717) is 43.7 Å². The second-order valence-electron chi connectivity index (χ2n) is 7.73. The zero-order valence-corrected chi connectivity index (χ0v) is 18.0. The topological polar surface area (TPSA) is 58.6 Å². The van der Waals surface area contributed by atoms with Gasteiger partial charge in [-0.3, -0.25) is 9.59 Å². The van der Waals surface area contributed by atoms with Gasteiger partial charge in [0, 0.05) is 25.9 Å². The van der Waals surface area contributed by atoms with Crippen molar-refractivity contribution in [2.45, 2.75) is 44.8 Å². The number of nitrogens with zero attached hydrogens (tertiary/aromatic N) is 1. The molecule has 1 unspecified atom stereocenters. The molecule has 0 aliphatic carbocycles. The Bertz CT molecular complexity index is 946. The molecule has 0 radical (unpaired) electrons. The van der Waals surface area contributed by atoms with Gasteiger partial charge in [-0.2, -0.15) is 13.2 Å². The molecule has 1 aliphatic heterocycles.